The SMILES string of the molecule is CNCC1(CN(C)CCc2ccccc2)CC1. The van der Waals surface area contributed by atoms with Crippen LogP contribution in [0.25, 0.3) is 0 Å². The zero-order valence-corrected chi connectivity index (χ0v) is 11.1. The molecule has 17 heavy (non-hydrogen) atoms. The molecular weight excluding hydrogens is 208 g/mol. The lowest BCUT2D eigenvalue weighted by atomic mass is 10.1. The number of nitrogens with zero attached hydrogens (tertiary/aromatic N) is 1. The highest BCUT2D eigenvalue weighted by Crippen LogP contribution is 2.45. The van der Waals surface area contributed by atoms with Gasteiger partial charge in [-0.2, -0.15) is 0 Å². The third kappa shape index (κ3) is 3.83. The second-order valence-corrected chi connectivity index (χ2v) is 5.50. The van der Waals surface area contributed by atoms with E-state index in [0.717, 1.165) is 13.0 Å². The first-order valence-electron chi connectivity index (χ1n) is 6.61. The molecule has 1 N–H and O–H groups in total. The van der Waals surface area contributed by atoms with Crippen molar-refractivity contribution in [3.63, 3.8) is 0 Å². The van der Waals surface area contributed by atoms with E-state index in [2.05, 4.69) is 54.6 Å². The van der Waals surface area contributed by atoms with E-state index in [1.165, 1.54) is 31.5 Å². The van der Waals surface area contributed by atoms with E-state index < -0.39 is 0 Å². The van der Waals surface area contributed by atoms with Crippen LogP contribution in [0.1, 0.15) is 18.4 Å². The average molecular weight is 232 g/mol. The van der Waals surface area contributed by atoms with Gasteiger partial charge in [-0.25, -0.2) is 0 Å². The molecule has 1 aliphatic carbocycles. The first-order valence-corrected chi connectivity index (χ1v) is 6.61. The van der Waals surface area contributed by atoms with E-state index in [1.807, 2.05) is 0 Å². The minimum atomic E-state index is 0.584. The maximum absolute atomic E-state index is 3.32. The van der Waals surface area contributed by atoms with Crippen LogP contribution >= 0.6 is 0 Å². The van der Waals surface area contributed by atoms with Crippen molar-refractivity contribution >= 4 is 0 Å². The second-order valence-electron chi connectivity index (χ2n) is 5.50. The van der Waals surface area contributed by atoms with Gasteiger partial charge in [-0.1, -0.05) is 30.3 Å². The van der Waals surface area contributed by atoms with Crippen LogP contribution in [0, 0.1) is 5.41 Å². The summed E-state index contributed by atoms with van der Waals surface area (Å²) in [5, 5.41) is 3.32. The Labute approximate surface area is 105 Å². The Bertz CT molecular complexity index is 330. The van der Waals surface area contributed by atoms with Gasteiger partial charge in [-0.05, 0) is 44.3 Å². The van der Waals surface area contributed by atoms with Crippen LogP contribution < -0.4 is 5.32 Å². The monoisotopic (exact) mass is 232 g/mol. The molecule has 2 heteroatoms. The van der Waals surface area contributed by atoms with Crippen molar-refractivity contribution in [3.8, 4) is 0 Å². The van der Waals surface area contributed by atoms with Crippen molar-refractivity contribution in [2.24, 2.45) is 5.41 Å². The molecule has 0 atom stereocenters. The molecule has 1 aliphatic rings. The van der Waals surface area contributed by atoms with Gasteiger partial charge in [0.15, 0.2) is 0 Å². The van der Waals surface area contributed by atoms with Crippen LogP contribution in [0.2, 0.25) is 0 Å². The molecule has 0 heterocycles. The number of hydrogen-bond donors (Lipinski definition) is 1. The van der Waals surface area contributed by atoms with Crippen LogP contribution in [0.15, 0.2) is 30.3 Å². The Kier molecular flexibility index (Phi) is 4.19. The van der Waals surface area contributed by atoms with Gasteiger partial charge in [-0.15, -0.1) is 0 Å². The fourth-order valence-electron chi connectivity index (χ4n) is 2.56. The maximum atomic E-state index is 3.32. The van der Waals surface area contributed by atoms with Crippen LogP contribution in [0.5, 0.6) is 0 Å². The van der Waals surface area contributed by atoms with Gasteiger partial charge in [0.2, 0.25) is 0 Å². The van der Waals surface area contributed by atoms with Crippen molar-refractivity contribution in [1.29, 1.82) is 0 Å². The molecule has 1 fully saturated rings. The first-order chi connectivity index (χ1) is 8.24. The van der Waals surface area contributed by atoms with E-state index in [-0.39, 0.29) is 0 Å². The summed E-state index contributed by atoms with van der Waals surface area (Å²) in [5.41, 5.74) is 2.03. The molecule has 0 amide bonds. The molecule has 0 saturated heterocycles. The third-order valence-corrected chi connectivity index (χ3v) is 3.74. The Balaban J connectivity index is 1.73. The van der Waals surface area contributed by atoms with E-state index in [4.69, 9.17) is 0 Å². The zero-order valence-electron chi connectivity index (χ0n) is 11.1. The van der Waals surface area contributed by atoms with Gasteiger partial charge in [-0.3, -0.25) is 0 Å². The topological polar surface area (TPSA) is 15.3 Å². The molecule has 0 aromatic heterocycles. The summed E-state index contributed by atoms with van der Waals surface area (Å²) >= 11 is 0. The summed E-state index contributed by atoms with van der Waals surface area (Å²) in [6, 6.07) is 10.8. The van der Waals surface area contributed by atoms with Crippen molar-refractivity contribution in [2.75, 3.05) is 33.7 Å². The van der Waals surface area contributed by atoms with E-state index in [0.29, 0.717) is 5.41 Å². The van der Waals surface area contributed by atoms with Crippen molar-refractivity contribution < 1.29 is 0 Å². The summed E-state index contributed by atoms with van der Waals surface area (Å²) in [6.45, 7) is 3.57. The normalized spacial score (nSPS) is 17.4. The maximum Gasteiger partial charge on any atom is 0.00472 e. The van der Waals surface area contributed by atoms with Gasteiger partial charge < -0.3 is 10.2 Å². The predicted molar refractivity (Wildman–Crippen MR) is 73.2 cm³/mol. The Morgan fingerprint density at radius 2 is 1.94 bits per heavy atom. The highest BCUT2D eigenvalue weighted by molar-refractivity contribution is 5.14. The third-order valence-electron chi connectivity index (χ3n) is 3.74. The number of nitrogens with one attached hydrogen (secondary N) is 1. The van der Waals surface area contributed by atoms with Crippen LogP contribution in [-0.2, 0) is 6.42 Å². The molecule has 1 aromatic rings. The standard InChI is InChI=1S/C15H24N2/c1-16-12-15(9-10-15)13-17(2)11-8-14-6-4-3-5-7-14/h3-7,16H,8-13H2,1-2H3. The molecule has 1 saturated carbocycles. The Morgan fingerprint density at radius 3 is 2.53 bits per heavy atom. The minimum Gasteiger partial charge on any atom is -0.319 e. The zero-order chi connectivity index (χ0) is 12.1. The van der Waals surface area contributed by atoms with Gasteiger partial charge >= 0.3 is 0 Å². The quantitative estimate of drug-likeness (QED) is 0.775. The smallest absolute Gasteiger partial charge is 0.00472 e. The molecule has 94 valence electrons. The lowest BCUT2D eigenvalue weighted by Crippen LogP contribution is -2.33. The molecule has 0 unspecified atom stereocenters. The minimum absolute atomic E-state index is 0.584. The van der Waals surface area contributed by atoms with E-state index in [1.54, 1.807) is 0 Å². The van der Waals surface area contributed by atoms with Crippen LogP contribution in [-0.4, -0.2) is 38.6 Å². The van der Waals surface area contributed by atoms with Gasteiger partial charge in [0.05, 0.1) is 0 Å². The molecular formula is C15H24N2. The lowest BCUT2D eigenvalue weighted by Gasteiger charge is -2.23. The van der Waals surface area contributed by atoms with Gasteiger partial charge in [0.1, 0.15) is 0 Å². The number of likely N-dealkylation sites (N-methyl/N-ethyl adjacent to an activating group) is 1. The summed E-state index contributed by atoms with van der Waals surface area (Å²) in [6.07, 6.45) is 3.94. The molecule has 0 aliphatic heterocycles. The molecule has 2 rings (SSSR count). The highest BCUT2D eigenvalue weighted by atomic mass is 15.1. The van der Waals surface area contributed by atoms with Crippen molar-refractivity contribution in [2.45, 2.75) is 19.3 Å². The largest absolute Gasteiger partial charge is 0.319 e. The van der Waals surface area contributed by atoms with Gasteiger partial charge in [0.25, 0.3) is 0 Å². The fraction of sp³-hybridized carbons (Fsp3) is 0.600. The van der Waals surface area contributed by atoms with Crippen molar-refractivity contribution in [3.05, 3.63) is 35.9 Å². The molecule has 1 aromatic carbocycles. The summed E-state index contributed by atoms with van der Waals surface area (Å²) < 4.78 is 0. The molecule has 2 nitrogen and oxygen atoms in total. The first kappa shape index (κ1) is 12.6. The van der Waals surface area contributed by atoms with Crippen molar-refractivity contribution in [1.82, 2.24) is 10.2 Å². The molecule has 0 radical (unpaired) electrons. The number of rotatable bonds is 7. The van der Waals surface area contributed by atoms with Crippen LogP contribution in [0.4, 0.5) is 0 Å². The second kappa shape index (κ2) is 5.65. The molecule has 0 bridgehead atoms. The fourth-order valence-corrected chi connectivity index (χ4v) is 2.56. The average Bonchev–Trinajstić information content (AvgIpc) is 3.08. The van der Waals surface area contributed by atoms with E-state index in [9.17, 15) is 0 Å². The van der Waals surface area contributed by atoms with E-state index >= 15 is 0 Å². The highest BCUT2D eigenvalue weighted by Gasteiger charge is 2.42. The van der Waals surface area contributed by atoms with Crippen LogP contribution in [0.3, 0.4) is 0 Å². The Hall–Kier alpha value is -0.860. The predicted octanol–water partition coefficient (Wildman–Crippen LogP) is 2.16. The number of benzene rings is 1. The van der Waals surface area contributed by atoms with Gasteiger partial charge in [0, 0.05) is 19.6 Å². The summed E-state index contributed by atoms with van der Waals surface area (Å²) in [4.78, 5) is 2.48. The summed E-state index contributed by atoms with van der Waals surface area (Å²) in [5.74, 6) is 0. The summed E-state index contributed by atoms with van der Waals surface area (Å²) in [7, 11) is 4.31. The lowest BCUT2D eigenvalue weighted by molar-refractivity contribution is 0.262. The molecule has 0 spiro atoms. The Morgan fingerprint density at radius 1 is 1.24 bits per heavy atom. The number of hydrogen-bond acceptors (Lipinski definition) is 2.